The van der Waals surface area contributed by atoms with Crippen LogP contribution in [0.2, 0.25) is 0 Å². The molecule has 5 aromatic rings. The molecule has 0 bridgehead atoms. The van der Waals surface area contributed by atoms with Crippen LogP contribution in [-0.4, -0.2) is 22.1 Å². The van der Waals surface area contributed by atoms with Gasteiger partial charge in [0.2, 0.25) is 5.69 Å². The number of carbonyl (C=O) groups is 2. The highest BCUT2D eigenvalue weighted by Crippen LogP contribution is 2.43. The Hall–Kier alpha value is -4.89. The van der Waals surface area contributed by atoms with Gasteiger partial charge in [-0.3, -0.25) is 4.79 Å². The van der Waals surface area contributed by atoms with Crippen LogP contribution in [0.3, 0.4) is 0 Å². The van der Waals surface area contributed by atoms with Crippen LogP contribution in [0, 0.1) is 6.92 Å². The van der Waals surface area contributed by atoms with Crippen molar-refractivity contribution in [2.75, 3.05) is 5.32 Å². The number of nitrogens with one attached hydrogen (secondary N) is 1. The molecule has 0 unspecified atom stereocenters. The summed E-state index contributed by atoms with van der Waals surface area (Å²) >= 11 is 1.26. The summed E-state index contributed by atoms with van der Waals surface area (Å²) in [6, 6.07) is 25.0. The van der Waals surface area contributed by atoms with Crippen LogP contribution in [0.4, 0.5) is 5.69 Å². The number of carboxylic acids is 1. The van der Waals surface area contributed by atoms with Crippen molar-refractivity contribution in [1.29, 1.82) is 0 Å². The number of thiophene rings is 1. The lowest BCUT2D eigenvalue weighted by Gasteiger charge is -2.19. The number of hydrogen-bond acceptors (Lipinski definition) is 7. The average Bonchev–Trinajstić information content (AvgIpc) is 3.62. The predicted molar refractivity (Wildman–Crippen MR) is 162 cm³/mol. The number of anilines is 1. The van der Waals surface area contributed by atoms with Gasteiger partial charge in [0.15, 0.2) is 5.76 Å². The summed E-state index contributed by atoms with van der Waals surface area (Å²) in [7, 11) is 0. The molecule has 8 nitrogen and oxygen atoms in total. The highest BCUT2D eigenvalue weighted by Gasteiger charge is 2.29. The lowest BCUT2D eigenvalue weighted by molar-refractivity contribution is 0.0687. The van der Waals surface area contributed by atoms with Crippen molar-refractivity contribution in [1.82, 2.24) is 5.16 Å². The molecule has 214 valence electrons. The summed E-state index contributed by atoms with van der Waals surface area (Å²) in [4.78, 5) is 25.8. The van der Waals surface area contributed by atoms with Crippen molar-refractivity contribution in [2.24, 2.45) is 0 Å². The number of nitrogens with zero attached hydrogens (tertiary/aromatic N) is 1. The van der Waals surface area contributed by atoms with Gasteiger partial charge in [-0.25, -0.2) is 4.79 Å². The number of amides is 1. The summed E-state index contributed by atoms with van der Waals surface area (Å²) in [5, 5.41) is 18.2. The molecule has 2 N–H and O–H groups in total. The maximum Gasteiger partial charge on any atom is 0.360 e. The van der Waals surface area contributed by atoms with Crippen molar-refractivity contribution in [2.45, 2.75) is 39.9 Å². The fraction of sp³-hybridized carbons (Fsp3) is 0.182. The number of carbonyl (C=O) groups excluding carboxylic acids is 1. The molecule has 2 aromatic heterocycles. The number of aromatic nitrogens is 1. The van der Waals surface area contributed by atoms with E-state index in [0.29, 0.717) is 28.5 Å². The zero-order chi connectivity index (χ0) is 29.6. The lowest BCUT2D eigenvalue weighted by atomic mass is 9.97. The number of hydrogen-bond donors (Lipinski definition) is 2. The minimum absolute atomic E-state index is 0.0337. The number of aromatic carboxylic acids is 1. The van der Waals surface area contributed by atoms with E-state index in [2.05, 4.69) is 10.5 Å². The van der Waals surface area contributed by atoms with E-state index >= 15 is 0 Å². The standard InChI is InChI=1S/C33H30N2O6S/c1-20(2)24-16-25(30-28(29(33(37)38)35-41-30)34-32(36)31-21(3)14-15-42-31)27(40-19-23-12-8-5-9-13-23)17-26(24)39-18-22-10-6-4-7-11-22/h4-17,20H,18-19H2,1-3H3,(H,34,36)(H,37,38). The van der Waals surface area contributed by atoms with Crippen molar-refractivity contribution < 1.29 is 28.7 Å². The smallest absolute Gasteiger partial charge is 0.360 e. The molecule has 0 radical (unpaired) electrons. The maximum absolute atomic E-state index is 13.2. The van der Waals surface area contributed by atoms with Gasteiger partial charge in [-0.1, -0.05) is 79.7 Å². The Morgan fingerprint density at radius 1 is 0.929 bits per heavy atom. The normalized spacial score (nSPS) is 11.0. The fourth-order valence-electron chi connectivity index (χ4n) is 4.43. The Morgan fingerprint density at radius 3 is 2.10 bits per heavy atom. The molecular formula is C33H30N2O6S. The third-order valence-corrected chi connectivity index (χ3v) is 7.67. The van der Waals surface area contributed by atoms with Gasteiger partial charge in [0, 0.05) is 6.07 Å². The van der Waals surface area contributed by atoms with Crippen molar-refractivity contribution in [3.05, 3.63) is 117 Å². The van der Waals surface area contributed by atoms with Crippen LogP contribution in [-0.2, 0) is 13.2 Å². The van der Waals surface area contributed by atoms with Crippen LogP contribution in [0.1, 0.15) is 62.2 Å². The number of benzene rings is 3. The highest BCUT2D eigenvalue weighted by atomic mass is 32.1. The first-order chi connectivity index (χ1) is 20.3. The summed E-state index contributed by atoms with van der Waals surface area (Å²) in [6.07, 6.45) is 0. The van der Waals surface area contributed by atoms with Gasteiger partial charge in [0.25, 0.3) is 5.91 Å². The van der Waals surface area contributed by atoms with E-state index in [9.17, 15) is 14.7 Å². The van der Waals surface area contributed by atoms with E-state index in [1.807, 2.05) is 93.6 Å². The number of ether oxygens (including phenoxy) is 2. The summed E-state index contributed by atoms with van der Waals surface area (Å²) in [5.74, 6) is -0.656. The molecule has 0 saturated carbocycles. The Bertz CT molecular complexity index is 1690. The van der Waals surface area contributed by atoms with Gasteiger partial charge in [-0.15, -0.1) is 11.3 Å². The fourth-order valence-corrected chi connectivity index (χ4v) is 5.25. The average molecular weight is 583 g/mol. The summed E-state index contributed by atoms with van der Waals surface area (Å²) in [6.45, 7) is 6.47. The molecule has 42 heavy (non-hydrogen) atoms. The van der Waals surface area contributed by atoms with Gasteiger partial charge in [-0.2, -0.15) is 0 Å². The molecule has 0 aliphatic carbocycles. The van der Waals surface area contributed by atoms with Gasteiger partial charge < -0.3 is 24.4 Å². The number of rotatable bonds is 11. The lowest BCUT2D eigenvalue weighted by Crippen LogP contribution is -2.14. The molecule has 2 heterocycles. The zero-order valence-corrected chi connectivity index (χ0v) is 24.2. The van der Waals surface area contributed by atoms with Crippen molar-refractivity contribution in [3.63, 3.8) is 0 Å². The third-order valence-electron chi connectivity index (χ3n) is 6.65. The monoisotopic (exact) mass is 582 g/mol. The summed E-state index contributed by atoms with van der Waals surface area (Å²) in [5.41, 5.74) is 3.58. The van der Waals surface area contributed by atoms with Crippen LogP contribution >= 0.6 is 11.3 Å². The molecule has 0 aliphatic rings. The summed E-state index contributed by atoms with van der Waals surface area (Å²) < 4.78 is 18.2. The number of carboxylic acid groups (broad SMARTS) is 1. The Kier molecular flexibility index (Phi) is 8.68. The second kappa shape index (κ2) is 12.7. The van der Waals surface area contributed by atoms with Crippen LogP contribution in [0.15, 0.2) is 88.8 Å². The molecule has 0 saturated heterocycles. The Morgan fingerprint density at radius 2 is 1.55 bits per heavy atom. The quantitative estimate of drug-likeness (QED) is 0.163. The van der Waals surface area contributed by atoms with Gasteiger partial charge in [0.1, 0.15) is 30.4 Å². The highest BCUT2D eigenvalue weighted by molar-refractivity contribution is 7.12. The number of aryl methyl sites for hydroxylation is 1. The van der Waals surface area contributed by atoms with Crippen LogP contribution < -0.4 is 14.8 Å². The molecule has 0 atom stereocenters. The van der Waals surface area contributed by atoms with E-state index < -0.39 is 17.6 Å². The van der Waals surface area contributed by atoms with Crippen molar-refractivity contribution in [3.8, 4) is 22.8 Å². The first-order valence-electron chi connectivity index (χ1n) is 13.4. The maximum atomic E-state index is 13.2. The molecule has 1 amide bonds. The Balaban J connectivity index is 1.60. The van der Waals surface area contributed by atoms with Gasteiger partial charge >= 0.3 is 5.97 Å². The topological polar surface area (TPSA) is 111 Å². The minimum atomic E-state index is -1.33. The van der Waals surface area contributed by atoms with E-state index in [-0.39, 0.29) is 24.0 Å². The van der Waals surface area contributed by atoms with Gasteiger partial charge in [-0.05, 0) is 52.6 Å². The van der Waals surface area contributed by atoms with Crippen LogP contribution in [0.25, 0.3) is 11.3 Å². The second-order valence-electron chi connectivity index (χ2n) is 10.0. The van der Waals surface area contributed by atoms with Crippen LogP contribution in [0.5, 0.6) is 11.5 Å². The minimum Gasteiger partial charge on any atom is -0.488 e. The SMILES string of the molecule is Cc1ccsc1C(=O)Nc1c(C(=O)O)noc1-c1cc(C(C)C)c(OCc2ccccc2)cc1OCc1ccccc1. The predicted octanol–water partition coefficient (Wildman–Crippen LogP) is 7.94. The Labute approximate surface area is 247 Å². The van der Waals surface area contributed by atoms with E-state index in [1.54, 1.807) is 11.4 Å². The van der Waals surface area contributed by atoms with E-state index in [1.165, 1.54) is 11.3 Å². The van der Waals surface area contributed by atoms with E-state index in [0.717, 1.165) is 22.3 Å². The third kappa shape index (κ3) is 6.37. The first kappa shape index (κ1) is 28.6. The molecule has 3 aromatic carbocycles. The van der Waals surface area contributed by atoms with Crippen molar-refractivity contribution >= 4 is 28.9 Å². The van der Waals surface area contributed by atoms with E-state index in [4.69, 9.17) is 14.0 Å². The first-order valence-corrected chi connectivity index (χ1v) is 14.3. The largest absolute Gasteiger partial charge is 0.488 e. The molecule has 0 fully saturated rings. The molecule has 5 rings (SSSR count). The zero-order valence-electron chi connectivity index (χ0n) is 23.4. The molecular weight excluding hydrogens is 552 g/mol. The second-order valence-corrected chi connectivity index (χ2v) is 10.9. The molecule has 0 spiro atoms. The van der Waals surface area contributed by atoms with Gasteiger partial charge in [0.05, 0.1) is 10.4 Å². The molecule has 9 heteroatoms. The molecule has 0 aliphatic heterocycles.